The summed E-state index contributed by atoms with van der Waals surface area (Å²) >= 11 is 1.23. The molecule has 0 aliphatic heterocycles. The van der Waals surface area contributed by atoms with Crippen LogP contribution in [-0.4, -0.2) is 81.9 Å². The number of carbonyl (C=O) groups excluding carboxylic acids is 5. The van der Waals surface area contributed by atoms with Crippen molar-refractivity contribution >= 4 is 55.0 Å². The Morgan fingerprint density at radius 2 is 1.71 bits per heavy atom. The molecular formula is C31H45N7O8SSi. The molecule has 0 fully saturated rings. The average Bonchev–Trinajstić information content (AvgIpc) is 3.52. The normalized spacial score (nSPS) is 12.6. The summed E-state index contributed by atoms with van der Waals surface area (Å²) < 4.78 is 15.9. The third kappa shape index (κ3) is 13.1. The molecule has 48 heavy (non-hydrogen) atoms. The quantitative estimate of drug-likeness (QED) is 0.0478. The highest BCUT2D eigenvalue weighted by Crippen LogP contribution is 2.36. The van der Waals surface area contributed by atoms with Crippen molar-refractivity contribution in [3.8, 4) is 10.6 Å². The molecular weight excluding hydrogens is 659 g/mol. The lowest BCUT2D eigenvalue weighted by Gasteiger charge is -2.37. The van der Waals surface area contributed by atoms with Gasteiger partial charge in [0.05, 0.1) is 13.7 Å². The van der Waals surface area contributed by atoms with Crippen LogP contribution in [0.2, 0.25) is 18.1 Å². The number of amides is 3. The van der Waals surface area contributed by atoms with Crippen LogP contribution in [0.15, 0.2) is 34.8 Å². The first-order valence-electron chi connectivity index (χ1n) is 15.4. The lowest BCUT2D eigenvalue weighted by atomic mass is 10.1. The zero-order chi connectivity index (χ0) is 35.9. The Kier molecular flexibility index (Phi) is 15.7. The number of thiazole rings is 1. The summed E-state index contributed by atoms with van der Waals surface area (Å²) in [6.45, 7) is 11.1. The summed E-state index contributed by atoms with van der Waals surface area (Å²) in [5.74, 6) is -2.95. The van der Waals surface area contributed by atoms with Crippen molar-refractivity contribution in [3.05, 3.63) is 45.8 Å². The van der Waals surface area contributed by atoms with E-state index >= 15 is 0 Å². The first-order chi connectivity index (χ1) is 22.6. The predicted octanol–water partition coefficient (Wildman–Crippen LogP) is 4.96. The second-order valence-corrected chi connectivity index (χ2v) is 18.1. The molecule has 1 heterocycles. The molecule has 1 aromatic carbocycles. The molecule has 17 heteroatoms. The van der Waals surface area contributed by atoms with Gasteiger partial charge in [-0.05, 0) is 60.8 Å². The number of benzene rings is 1. The van der Waals surface area contributed by atoms with Crippen LogP contribution in [0.25, 0.3) is 21.0 Å². The van der Waals surface area contributed by atoms with Crippen LogP contribution in [-0.2, 0) is 33.1 Å². The number of nitrogens with one attached hydrogen (secondary N) is 3. The van der Waals surface area contributed by atoms with Gasteiger partial charge in [-0.25, -0.2) is 9.78 Å². The van der Waals surface area contributed by atoms with Crippen molar-refractivity contribution < 1.29 is 37.9 Å². The number of esters is 2. The van der Waals surface area contributed by atoms with Crippen LogP contribution in [0.5, 0.6) is 0 Å². The lowest BCUT2D eigenvalue weighted by Crippen LogP contribution is -2.56. The van der Waals surface area contributed by atoms with Gasteiger partial charge in [0.2, 0.25) is 11.8 Å². The van der Waals surface area contributed by atoms with Gasteiger partial charge < -0.3 is 29.9 Å². The molecule has 0 spiro atoms. The molecule has 0 saturated carbocycles. The van der Waals surface area contributed by atoms with Gasteiger partial charge in [-0.3, -0.25) is 19.2 Å². The van der Waals surface area contributed by atoms with Crippen LogP contribution in [0.3, 0.4) is 0 Å². The van der Waals surface area contributed by atoms with Crippen LogP contribution < -0.4 is 16.0 Å². The predicted molar refractivity (Wildman–Crippen MR) is 184 cm³/mol. The molecule has 2 rings (SSSR count). The van der Waals surface area contributed by atoms with Crippen LogP contribution in [0, 0.1) is 0 Å². The van der Waals surface area contributed by atoms with Gasteiger partial charge in [-0.1, -0.05) is 32.3 Å². The van der Waals surface area contributed by atoms with Crippen molar-refractivity contribution in [3.63, 3.8) is 0 Å². The van der Waals surface area contributed by atoms with Crippen molar-refractivity contribution in [2.45, 2.75) is 83.6 Å². The van der Waals surface area contributed by atoms with E-state index in [2.05, 4.69) is 31.0 Å². The molecule has 0 bridgehead atoms. The third-order valence-electron chi connectivity index (χ3n) is 7.67. The van der Waals surface area contributed by atoms with E-state index in [9.17, 15) is 24.0 Å². The third-order valence-corrected chi connectivity index (χ3v) is 13.1. The van der Waals surface area contributed by atoms with E-state index in [1.54, 1.807) is 29.6 Å². The fourth-order valence-corrected chi connectivity index (χ4v) is 5.65. The Morgan fingerprint density at radius 3 is 2.31 bits per heavy atom. The van der Waals surface area contributed by atoms with E-state index in [1.165, 1.54) is 18.3 Å². The number of hydrogen-bond acceptors (Lipinski definition) is 11. The summed E-state index contributed by atoms with van der Waals surface area (Å²) in [5, 5.41) is 13.4. The van der Waals surface area contributed by atoms with Crippen molar-refractivity contribution in [1.82, 2.24) is 15.6 Å². The fourth-order valence-electron chi connectivity index (χ4n) is 3.83. The van der Waals surface area contributed by atoms with E-state index in [-0.39, 0.29) is 23.2 Å². The van der Waals surface area contributed by atoms with Gasteiger partial charge in [0, 0.05) is 41.4 Å². The monoisotopic (exact) mass is 703 g/mol. The molecule has 262 valence electrons. The van der Waals surface area contributed by atoms with Crippen molar-refractivity contribution in [1.29, 1.82) is 0 Å². The summed E-state index contributed by atoms with van der Waals surface area (Å²) in [5.41, 5.74) is 9.71. The topological polar surface area (TPSA) is 211 Å². The summed E-state index contributed by atoms with van der Waals surface area (Å²) in [7, 11) is -1.22. The standard InChI is InChI=1S/C31H45N7O8SSi/c1-20(39)45-17-24(30(43)44-5)36-27(41)23(18-46-48(6,7)31(2,3)4)35-28(42)25-19-47-29(37-25)21-12-14-22(15-13-21)34-26(40)11-9-8-10-16-33-38-32/h12-15,19,23-24H,8-11,16-18H2,1-7H3,(H,34,40)(H,35,42)(H,36,41)/t23-,24-/m0/s1. The van der Waals surface area contributed by atoms with Crippen LogP contribution in [0.4, 0.5) is 5.69 Å². The SMILES string of the molecule is COC(=O)[C@H](COC(C)=O)NC(=O)[C@H](CO[Si](C)(C)C(C)(C)C)NC(=O)c1csc(-c2ccc(NC(=O)CCCCCN=[N+]=[N-])cc2)n1. The van der Waals surface area contributed by atoms with E-state index < -0.39 is 50.8 Å². The highest BCUT2D eigenvalue weighted by molar-refractivity contribution is 7.13. The Bertz CT molecular complexity index is 1470. The number of aromatic nitrogens is 1. The molecule has 2 aromatic rings. The molecule has 0 unspecified atom stereocenters. The second-order valence-electron chi connectivity index (χ2n) is 12.4. The Morgan fingerprint density at radius 1 is 1.02 bits per heavy atom. The summed E-state index contributed by atoms with van der Waals surface area (Å²) in [6, 6.07) is 4.51. The highest BCUT2D eigenvalue weighted by Gasteiger charge is 2.39. The molecule has 0 aliphatic rings. The van der Waals surface area contributed by atoms with E-state index in [0.717, 1.165) is 25.5 Å². The minimum Gasteiger partial charge on any atom is -0.467 e. The zero-order valence-electron chi connectivity index (χ0n) is 28.5. The first-order valence-corrected chi connectivity index (χ1v) is 19.2. The molecule has 0 radical (unpaired) electrons. The van der Waals surface area contributed by atoms with Gasteiger partial charge in [-0.15, -0.1) is 11.3 Å². The Balaban J connectivity index is 2.13. The smallest absolute Gasteiger partial charge is 0.331 e. The molecule has 0 saturated heterocycles. The van der Waals surface area contributed by atoms with Gasteiger partial charge >= 0.3 is 11.9 Å². The van der Waals surface area contributed by atoms with Crippen LogP contribution >= 0.6 is 11.3 Å². The number of unbranched alkanes of at least 4 members (excludes halogenated alkanes) is 2. The molecule has 3 amide bonds. The molecule has 3 N–H and O–H groups in total. The van der Waals surface area contributed by atoms with Crippen LogP contribution in [0.1, 0.15) is 63.9 Å². The number of rotatable bonds is 18. The second kappa shape index (κ2) is 18.9. The van der Waals surface area contributed by atoms with Crippen molar-refractivity contribution in [2.24, 2.45) is 5.11 Å². The number of ether oxygens (including phenoxy) is 2. The number of nitrogens with zero attached hydrogens (tertiary/aromatic N) is 4. The van der Waals surface area contributed by atoms with E-state index in [4.69, 9.17) is 19.4 Å². The fraction of sp³-hybridized carbons (Fsp3) is 0.548. The molecule has 0 aliphatic carbocycles. The number of carbonyl (C=O) groups is 5. The van der Waals surface area contributed by atoms with Gasteiger partial charge in [0.1, 0.15) is 23.4 Å². The Labute approximate surface area is 285 Å². The number of azide groups is 1. The maximum atomic E-state index is 13.4. The van der Waals surface area contributed by atoms with E-state index in [1.807, 2.05) is 33.9 Å². The lowest BCUT2D eigenvalue weighted by molar-refractivity contribution is -0.151. The minimum atomic E-state index is -2.36. The van der Waals surface area contributed by atoms with Gasteiger partial charge in [-0.2, -0.15) is 0 Å². The maximum absolute atomic E-state index is 13.4. The number of hydrogen-bond donors (Lipinski definition) is 3. The average molecular weight is 704 g/mol. The largest absolute Gasteiger partial charge is 0.467 e. The maximum Gasteiger partial charge on any atom is 0.331 e. The molecule has 15 nitrogen and oxygen atoms in total. The molecule has 1 aromatic heterocycles. The zero-order valence-corrected chi connectivity index (χ0v) is 30.3. The number of methoxy groups -OCH3 is 1. The highest BCUT2D eigenvalue weighted by atomic mass is 32.1. The molecule has 2 atom stereocenters. The van der Waals surface area contributed by atoms with E-state index in [0.29, 0.717) is 30.1 Å². The van der Waals surface area contributed by atoms with Crippen molar-refractivity contribution in [2.75, 3.05) is 32.2 Å². The first kappa shape index (κ1) is 39.9. The number of anilines is 1. The summed E-state index contributed by atoms with van der Waals surface area (Å²) in [6.07, 6.45) is 2.54. The minimum absolute atomic E-state index is 0.0717. The van der Waals surface area contributed by atoms with Gasteiger partial charge in [0.15, 0.2) is 14.4 Å². The summed E-state index contributed by atoms with van der Waals surface area (Å²) in [4.78, 5) is 69.8. The Hall–Kier alpha value is -4.31. The van der Waals surface area contributed by atoms with Gasteiger partial charge in [0.25, 0.3) is 5.91 Å².